The largest absolute Gasteiger partial charge is 0.354 e. The van der Waals surface area contributed by atoms with Crippen LogP contribution in [0.2, 0.25) is 5.15 Å². The summed E-state index contributed by atoms with van der Waals surface area (Å²) in [5.41, 5.74) is 5.10. The number of aromatic nitrogens is 2. The summed E-state index contributed by atoms with van der Waals surface area (Å²) >= 11 is 7.97. The number of halogens is 1. The van der Waals surface area contributed by atoms with Crippen molar-refractivity contribution in [3.63, 3.8) is 0 Å². The predicted molar refractivity (Wildman–Crippen MR) is 179 cm³/mol. The number of carbonyl (C=O) groups is 1. The predicted octanol–water partition coefficient (Wildman–Crippen LogP) is 7.26. The van der Waals surface area contributed by atoms with Crippen molar-refractivity contribution in [2.75, 3.05) is 31.1 Å². The number of hydrogen-bond donors (Lipinski definition) is 1. The summed E-state index contributed by atoms with van der Waals surface area (Å²) in [6, 6.07) is 40.0. The van der Waals surface area contributed by atoms with Crippen LogP contribution in [-0.4, -0.2) is 47.0 Å². The Hall–Kier alpha value is -4.17. The summed E-state index contributed by atoms with van der Waals surface area (Å²) in [6.45, 7) is 4.68. The minimum atomic E-state index is -0.235. The Kier molecular flexibility index (Phi) is 9.87. The number of hydrogen-bond acceptors (Lipinski definition) is 6. The van der Waals surface area contributed by atoms with Crippen molar-refractivity contribution in [2.24, 2.45) is 0 Å². The van der Waals surface area contributed by atoms with Gasteiger partial charge in [0.2, 0.25) is 0 Å². The molecule has 6 rings (SSSR count). The van der Waals surface area contributed by atoms with Gasteiger partial charge in [-0.25, -0.2) is 9.97 Å². The molecule has 1 aromatic heterocycles. The summed E-state index contributed by atoms with van der Waals surface area (Å²) in [4.78, 5) is 27.3. The van der Waals surface area contributed by atoms with Crippen LogP contribution >= 0.6 is 23.4 Å². The lowest BCUT2D eigenvalue weighted by Gasteiger charge is -2.35. The van der Waals surface area contributed by atoms with E-state index in [-0.39, 0.29) is 11.9 Å². The second-order valence-electron chi connectivity index (χ2n) is 10.8. The first kappa shape index (κ1) is 29.9. The molecule has 0 saturated carbocycles. The minimum absolute atomic E-state index is 0.117. The lowest BCUT2D eigenvalue weighted by molar-refractivity contribution is 0.0943. The molecule has 222 valence electrons. The summed E-state index contributed by atoms with van der Waals surface area (Å²) in [5.74, 6) is 1.42. The Morgan fingerprint density at radius 2 is 1.34 bits per heavy atom. The molecule has 0 atom stereocenters. The van der Waals surface area contributed by atoms with Crippen molar-refractivity contribution >= 4 is 35.1 Å². The first-order valence-corrected chi connectivity index (χ1v) is 16.2. The quantitative estimate of drug-likeness (QED) is 0.101. The van der Waals surface area contributed by atoms with E-state index < -0.39 is 0 Å². The second-order valence-corrected chi connectivity index (χ2v) is 12.1. The monoisotopic (exact) mass is 619 g/mol. The van der Waals surface area contributed by atoms with Crippen LogP contribution in [0.4, 0.5) is 5.82 Å². The van der Waals surface area contributed by atoms with Gasteiger partial charge in [0.25, 0.3) is 5.91 Å². The third-order valence-corrected chi connectivity index (χ3v) is 8.84. The molecule has 1 amide bonds. The molecule has 0 radical (unpaired) electrons. The average molecular weight is 620 g/mol. The third kappa shape index (κ3) is 7.85. The third-order valence-electron chi connectivity index (χ3n) is 7.73. The highest BCUT2D eigenvalue weighted by molar-refractivity contribution is 7.98. The summed E-state index contributed by atoms with van der Waals surface area (Å²) < 4.78 is 0. The van der Waals surface area contributed by atoms with E-state index in [4.69, 9.17) is 16.6 Å². The Morgan fingerprint density at radius 3 is 1.95 bits per heavy atom. The van der Waals surface area contributed by atoms with E-state index in [1.54, 1.807) is 11.8 Å². The Morgan fingerprint density at radius 1 is 0.750 bits per heavy atom. The average Bonchev–Trinajstić information content (AvgIpc) is 3.08. The summed E-state index contributed by atoms with van der Waals surface area (Å²) in [6.07, 6.45) is 0. The van der Waals surface area contributed by atoms with Gasteiger partial charge in [-0.1, -0.05) is 126 Å². The number of thioether (sulfide) groups is 1. The number of carbonyl (C=O) groups excluding carboxylic acids is 1. The topological polar surface area (TPSA) is 61.4 Å². The van der Waals surface area contributed by atoms with Crippen molar-refractivity contribution in [3.8, 4) is 0 Å². The maximum absolute atomic E-state index is 13.3. The molecule has 1 fully saturated rings. The zero-order valence-electron chi connectivity index (χ0n) is 24.4. The molecule has 4 aromatic carbocycles. The standard InChI is InChI=1S/C36H34ClN5OS/c37-32-24-33(42-22-20-41(21-23-42)25-27-10-4-1-5-11-27)39-36(38-32)44-26-28-16-18-31(19-17-28)35(43)40-34(29-12-6-2-7-13-29)30-14-8-3-9-15-30/h1-19,24,34H,20-23,25-26H2,(H,40,43). The van der Waals surface area contributed by atoms with Gasteiger partial charge in [-0.3, -0.25) is 9.69 Å². The molecule has 1 aliphatic heterocycles. The highest BCUT2D eigenvalue weighted by atomic mass is 35.5. The van der Waals surface area contributed by atoms with Gasteiger partial charge in [-0.15, -0.1) is 0 Å². The van der Waals surface area contributed by atoms with Crippen molar-refractivity contribution in [2.45, 2.75) is 23.5 Å². The molecule has 0 unspecified atom stereocenters. The molecular weight excluding hydrogens is 586 g/mol. The van der Waals surface area contributed by atoms with Gasteiger partial charge in [-0.05, 0) is 34.4 Å². The van der Waals surface area contributed by atoms with Crippen molar-refractivity contribution in [1.29, 1.82) is 0 Å². The number of benzene rings is 4. The highest BCUT2D eigenvalue weighted by Gasteiger charge is 2.20. The van der Waals surface area contributed by atoms with E-state index in [0.717, 1.165) is 55.2 Å². The van der Waals surface area contributed by atoms with E-state index in [1.807, 2.05) is 91.0 Å². The lowest BCUT2D eigenvalue weighted by Crippen LogP contribution is -2.46. The van der Waals surface area contributed by atoms with E-state index in [9.17, 15) is 4.79 Å². The van der Waals surface area contributed by atoms with Crippen molar-refractivity contribution in [1.82, 2.24) is 20.2 Å². The molecule has 2 heterocycles. The van der Waals surface area contributed by atoms with Crippen molar-refractivity contribution in [3.05, 3.63) is 154 Å². The van der Waals surface area contributed by atoms with Crippen LogP contribution in [0.3, 0.4) is 0 Å². The molecule has 5 aromatic rings. The van der Waals surface area contributed by atoms with E-state index in [0.29, 0.717) is 21.6 Å². The fourth-order valence-electron chi connectivity index (χ4n) is 5.35. The number of anilines is 1. The zero-order valence-corrected chi connectivity index (χ0v) is 25.9. The zero-order chi connectivity index (χ0) is 30.1. The fourth-order valence-corrected chi connectivity index (χ4v) is 6.39. The van der Waals surface area contributed by atoms with Gasteiger partial charge < -0.3 is 10.2 Å². The minimum Gasteiger partial charge on any atom is -0.354 e. The van der Waals surface area contributed by atoms with Gasteiger partial charge in [0.1, 0.15) is 11.0 Å². The molecule has 0 spiro atoms. The van der Waals surface area contributed by atoms with Gasteiger partial charge in [-0.2, -0.15) is 0 Å². The summed E-state index contributed by atoms with van der Waals surface area (Å²) in [7, 11) is 0. The number of nitrogens with one attached hydrogen (secondary N) is 1. The normalized spacial score (nSPS) is 13.6. The SMILES string of the molecule is O=C(NC(c1ccccc1)c1ccccc1)c1ccc(CSc2nc(Cl)cc(N3CCN(Cc4ccccc4)CC3)n2)cc1. The molecule has 8 heteroatoms. The Bertz CT molecular complexity index is 1610. The van der Waals surface area contributed by atoms with Gasteiger partial charge >= 0.3 is 0 Å². The van der Waals surface area contributed by atoms with Crippen LogP contribution in [0.25, 0.3) is 0 Å². The number of rotatable bonds is 10. The smallest absolute Gasteiger partial charge is 0.252 e. The number of amides is 1. The molecule has 0 aliphatic carbocycles. The maximum atomic E-state index is 13.3. The first-order chi connectivity index (χ1) is 21.6. The van der Waals surface area contributed by atoms with Crippen LogP contribution in [0.5, 0.6) is 0 Å². The molecule has 1 aliphatic rings. The maximum Gasteiger partial charge on any atom is 0.252 e. The van der Waals surface area contributed by atoms with E-state index in [1.165, 1.54) is 5.56 Å². The molecule has 44 heavy (non-hydrogen) atoms. The van der Waals surface area contributed by atoms with Crippen LogP contribution < -0.4 is 10.2 Å². The molecule has 0 bridgehead atoms. The van der Waals surface area contributed by atoms with Crippen LogP contribution in [0.1, 0.15) is 38.7 Å². The van der Waals surface area contributed by atoms with Gasteiger partial charge in [0, 0.05) is 50.1 Å². The second kappa shape index (κ2) is 14.5. The number of piperazine rings is 1. The Labute approximate surface area is 268 Å². The molecule has 1 N–H and O–H groups in total. The molecule has 6 nitrogen and oxygen atoms in total. The Balaban J connectivity index is 1.05. The van der Waals surface area contributed by atoms with E-state index >= 15 is 0 Å². The summed E-state index contributed by atoms with van der Waals surface area (Å²) in [5, 5.41) is 4.31. The van der Waals surface area contributed by atoms with Gasteiger partial charge in [0.15, 0.2) is 5.16 Å². The molecular formula is C36H34ClN5OS. The fraction of sp³-hybridized carbons (Fsp3) is 0.194. The van der Waals surface area contributed by atoms with Crippen LogP contribution in [0, 0.1) is 0 Å². The van der Waals surface area contributed by atoms with Crippen LogP contribution in [0.15, 0.2) is 126 Å². The highest BCUT2D eigenvalue weighted by Crippen LogP contribution is 2.26. The van der Waals surface area contributed by atoms with Crippen molar-refractivity contribution < 1.29 is 4.79 Å². The lowest BCUT2D eigenvalue weighted by atomic mass is 9.98. The molecule has 1 saturated heterocycles. The van der Waals surface area contributed by atoms with Crippen LogP contribution in [-0.2, 0) is 12.3 Å². The van der Waals surface area contributed by atoms with E-state index in [2.05, 4.69) is 50.4 Å². The van der Waals surface area contributed by atoms with Gasteiger partial charge in [0.05, 0.1) is 6.04 Å². The number of nitrogens with zero attached hydrogens (tertiary/aromatic N) is 4. The first-order valence-electron chi connectivity index (χ1n) is 14.8.